The molecular weight excluding hydrogens is 250 g/mol. The minimum Gasteiger partial charge on any atom is -0.493 e. The smallest absolute Gasteiger partial charge is 0.130 e. The van der Waals surface area contributed by atoms with Gasteiger partial charge in [-0.05, 0) is 49.2 Å². The zero-order valence-electron chi connectivity index (χ0n) is 11.0. The first-order chi connectivity index (χ1) is 9.86. The van der Waals surface area contributed by atoms with Crippen LogP contribution in [0, 0.1) is 29.1 Å². The zero-order chi connectivity index (χ0) is 13.5. The average molecular weight is 265 g/mol. The number of nitrogens with zero attached hydrogens (tertiary/aromatic N) is 2. The molecule has 1 aromatic heterocycles. The van der Waals surface area contributed by atoms with Crippen molar-refractivity contribution in [3.63, 3.8) is 0 Å². The zero-order valence-corrected chi connectivity index (χ0v) is 11.0. The first kappa shape index (κ1) is 11.7. The molecule has 2 aliphatic rings. The highest BCUT2D eigenvalue weighted by atomic mass is 16.5. The van der Waals surface area contributed by atoms with E-state index < -0.39 is 0 Å². The Hall–Kier alpha value is -2.12. The van der Waals surface area contributed by atoms with Crippen LogP contribution in [0.15, 0.2) is 30.5 Å². The van der Waals surface area contributed by atoms with E-state index in [9.17, 15) is 0 Å². The van der Waals surface area contributed by atoms with Crippen molar-refractivity contribution in [1.29, 1.82) is 5.26 Å². The Balaban J connectivity index is 1.58. The summed E-state index contributed by atoms with van der Waals surface area (Å²) < 4.78 is 6.00. The van der Waals surface area contributed by atoms with E-state index in [1.54, 1.807) is 12.3 Å². The molecule has 1 saturated carbocycles. The number of ether oxygens (including phenoxy) is 1. The molecule has 2 fully saturated rings. The van der Waals surface area contributed by atoms with E-state index in [2.05, 4.69) is 16.4 Å². The quantitative estimate of drug-likeness (QED) is 0.921. The molecular formula is C16H15N3O. The lowest BCUT2D eigenvalue weighted by Crippen LogP contribution is -2.17. The lowest BCUT2D eigenvalue weighted by atomic mass is 10.1. The molecule has 4 heteroatoms. The van der Waals surface area contributed by atoms with Gasteiger partial charge in [0.1, 0.15) is 5.75 Å². The normalized spacial score (nSPS) is 27.1. The van der Waals surface area contributed by atoms with Gasteiger partial charge >= 0.3 is 0 Å². The van der Waals surface area contributed by atoms with Crippen LogP contribution in [0.1, 0.15) is 5.56 Å². The molecule has 0 spiro atoms. The molecule has 4 nitrogen and oxygen atoms in total. The lowest BCUT2D eigenvalue weighted by Gasteiger charge is -2.10. The van der Waals surface area contributed by atoms with Crippen LogP contribution in [0.25, 0.3) is 10.9 Å². The monoisotopic (exact) mass is 265 g/mol. The molecule has 100 valence electrons. The van der Waals surface area contributed by atoms with Crippen molar-refractivity contribution in [3.05, 3.63) is 36.0 Å². The molecule has 4 rings (SSSR count). The van der Waals surface area contributed by atoms with Crippen LogP contribution in [0.2, 0.25) is 0 Å². The van der Waals surface area contributed by atoms with E-state index in [-0.39, 0.29) is 0 Å². The summed E-state index contributed by atoms with van der Waals surface area (Å²) in [5.41, 5.74) is 1.52. The summed E-state index contributed by atoms with van der Waals surface area (Å²) in [7, 11) is 0. The summed E-state index contributed by atoms with van der Waals surface area (Å²) in [6, 6.07) is 9.57. The molecule has 0 unspecified atom stereocenters. The Labute approximate surface area is 117 Å². The Morgan fingerprint density at radius 3 is 2.95 bits per heavy atom. The highest BCUT2D eigenvalue weighted by Crippen LogP contribution is 2.48. The summed E-state index contributed by atoms with van der Waals surface area (Å²) in [6.07, 6.45) is 1.76. The van der Waals surface area contributed by atoms with Crippen LogP contribution in [-0.4, -0.2) is 24.7 Å². The lowest BCUT2D eigenvalue weighted by molar-refractivity contribution is 0.283. The second-order valence-corrected chi connectivity index (χ2v) is 5.61. The molecule has 2 aromatic rings. The standard InChI is InChI=1S/C16H15N3O/c17-6-10-1-2-15-11(5-10)16(3-4-19-15)20-9-14-12-7-18-8-13(12)14/h1-5,12-14,18H,7-9H2/t12-,13+,14+. The van der Waals surface area contributed by atoms with E-state index in [1.807, 2.05) is 18.2 Å². The molecule has 1 saturated heterocycles. The third-order valence-corrected chi connectivity index (χ3v) is 4.53. The molecule has 1 aliphatic heterocycles. The molecule has 3 atom stereocenters. The van der Waals surface area contributed by atoms with Crippen molar-refractivity contribution in [2.24, 2.45) is 17.8 Å². The van der Waals surface area contributed by atoms with E-state index in [0.29, 0.717) is 11.5 Å². The maximum absolute atomic E-state index is 9.01. The van der Waals surface area contributed by atoms with Gasteiger partial charge in [0.2, 0.25) is 0 Å². The Bertz CT molecular complexity index is 696. The minimum atomic E-state index is 0.642. The minimum absolute atomic E-state index is 0.642. The summed E-state index contributed by atoms with van der Waals surface area (Å²) >= 11 is 0. The molecule has 0 radical (unpaired) electrons. The number of piperidine rings is 1. The van der Waals surface area contributed by atoms with E-state index in [0.717, 1.165) is 48.2 Å². The number of rotatable bonds is 3. The first-order valence-electron chi connectivity index (χ1n) is 6.99. The molecule has 20 heavy (non-hydrogen) atoms. The Kier molecular flexibility index (Phi) is 2.61. The van der Waals surface area contributed by atoms with E-state index in [4.69, 9.17) is 10.00 Å². The second kappa shape index (κ2) is 4.46. The fourth-order valence-corrected chi connectivity index (χ4v) is 3.30. The summed E-state index contributed by atoms with van der Waals surface area (Å²) in [4.78, 5) is 4.32. The number of hydrogen-bond acceptors (Lipinski definition) is 4. The van der Waals surface area contributed by atoms with Crippen LogP contribution in [0.5, 0.6) is 5.75 Å². The number of hydrogen-bond donors (Lipinski definition) is 1. The maximum Gasteiger partial charge on any atom is 0.130 e. The van der Waals surface area contributed by atoms with Crippen molar-refractivity contribution < 1.29 is 4.74 Å². The predicted octanol–water partition coefficient (Wildman–Crippen LogP) is 1.95. The fraction of sp³-hybridized carbons (Fsp3) is 0.375. The van der Waals surface area contributed by atoms with Gasteiger partial charge in [-0.15, -0.1) is 0 Å². The average Bonchev–Trinajstić information content (AvgIpc) is 2.93. The highest BCUT2D eigenvalue weighted by molar-refractivity contribution is 5.86. The third-order valence-electron chi connectivity index (χ3n) is 4.53. The summed E-state index contributed by atoms with van der Waals surface area (Å²) in [5, 5.41) is 13.3. The second-order valence-electron chi connectivity index (χ2n) is 5.61. The number of nitrogens with one attached hydrogen (secondary N) is 1. The van der Waals surface area contributed by atoms with Crippen LogP contribution >= 0.6 is 0 Å². The molecule has 1 N–H and O–H groups in total. The summed E-state index contributed by atoms with van der Waals surface area (Å²) in [6.45, 7) is 3.04. The molecule has 2 heterocycles. The van der Waals surface area contributed by atoms with Gasteiger partial charge in [0.05, 0.1) is 23.8 Å². The van der Waals surface area contributed by atoms with Gasteiger partial charge in [-0.3, -0.25) is 4.98 Å². The van der Waals surface area contributed by atoms with Gasteiger partial charge in [-0.1, -0.05) is 0 Å². The Morgan fingerprint density at radius 2 is 2.15 bits per heavy atom. The molecule has 0 amide bonds. The van der Waals surface area contributed by atoms with E-state index in [1.165, 1.54) is 0 Å². The van der Waals surface area contributed by atoms with Crippen molar-refractivity contribution in [2.75, 3.05) is 19.7 Å². The molecule has 0 bridgehead atoms. The van der Waals surface area contributed by atoms with Crippen molar-refractivity contribution in [3.8, 4) is 11.8 Å². The SMILES string of the molecule is N#Cc1ccc2nccc(OC[C@H]3[C@@H]4CNC[C@@H]43)c2c1. The van der Waals surface area contributed by atoms with Gasteiger partial charge < -0.3 is 10.1 Å². The topological polar surface area (TPSA) is 57.9 Å². The molecule has 1 aromatic carbocycles. The largest absolute Gasteiger partial charge is 0.493 e. The molecule has 1 aliphatic carbocycles. The van der Waals surface area contributed by atoms with Crippen LogP contribution in [0.4, 0.5) is 0 Å². The summed E-state index contributed by atoms with van der Waals surface area (Å²) in [5.74, 6) is 3.14. The predicted molar refractivity (Wildman–Crippen MR) is 75.3 cm³/mol. The van der Waals surface area contributed by atoms with Crippen LogP contribution in [0.3, 0.4) is 0 Å². The van der Waals surface area contributed by atoms with Gasteiger partial charge in [0.25, 0.3) is 0 Å². The van der Waals surface area contributed by atoms with Gasteiger partial charge in [0.15, 0.2) is 0 Å². The number of fused-ring (bicyclic) bond motifs is 2. The van der Waals surface area contributed by atoms with Gasteiger partial charge in [0, 0.05) is 17.5 Å². The first-order valence-corrected chi connectivity index (χ1v) is 6.99. The number of aromatic nitrogens is 1. The number of benzene rings is 1. The van der Waals surface area contributed by atoms with Crippen molar-refractivity contribution in [1.82, 2.24) is 10.3 Å². The number of pyridine rings is 1. The fourth-order valence-electron chi connectivity index (χ4n) is 3.30. The van der Waals surface area contributed by atoms with Gasteiger partial charge in [-0.25, -0.2) is 0 Å². The van der Waals surface area contributed by atoms with E-state index >= 15 is 0 Å². The Morgan fingerprint density at radius 1 is 1.30 bits per heavy atom. The van der Waals surface area contributed by atoms with Crippen LogP contribution in [-0.2, 0) is 0 Å². The van der Waals surface area contributed by atoms with Crippen LogP contribution < -0.4 is 10.1 Å². The van der Waals surface area contributed by atoms with Crippen molar-refractivity contribution >= 4 is 10.9 Å². The van der Waals surface area contributed by atoms with Crippen molar-refractivity contribution in [2.45, 2.75) is 0 Å². The third kappa shape index (κ3) is 1.83. The highest BCUT2D eigenvalue weighted by Gasteiger charge is 2.52. The van der Waals surface area contributed by atoms with Gasteiger partial charge in [-0.2, -0.15) is 5.26 Å². The number of nitriles is 1. The maximum atomic E-state index is 9.01.